The van der Waals surface area contributed by atoms with E-state index < -0.39 is 24.0 Å². The molecule has 1 rings (SSSR count). The number of ether oxygens (including phenoxy) is 3. The molecule has 1 atom stereocenters. The number of aryl methyl sites for hydroxylation is 1. The molecule has 22 heavy (non-hydrogen) atoms. The van der Waals surface area contributed by atoms with Crippen LogP contribution in [-0.4, -0.2) is 37.2 Å². The zero-order chi connectivity index (χ0) is 16.5. The Morgan fingerprint density at radius 2 is 1.59 bits per heavy atom. The third kappa shape index (κ3) is 5.55. The number of esters is 3. The van der Waals surface area contributed by atoms with E-state index >= 15 is 0 Å². The van der Waals surface area contributed by atoms with Crippen LogP contribution in [0.15, 0.2) is 24.3 Å². The predicted molar refractivity (Wildman–Crippen MR) is 78.3 cm³/mol. The Hall–Kier alpha value is -2.37. The van der Waals surface area contributed by atoms with Gasteiger partial charge in [0.25, 0.3) is 0 Å². The van der Waals surface area contributed by atoms with E-state index in [4.69, 9.17) is 14.2 Å². The van der Waals surface area contributed by atoms with Gasteiger partial charge in [0.05, 0.1) is 25.2 Å². The van der Waals surface area contributed by atoms with Crippen LogP contribution in [0.2, 0.25) is 0 Å². The number of carbonyl (C=O) groups is 3. The first kappa shape index (κ1) is 17.7. The van der Waals surface area contributed by atoms with E-state index in [9.17, 15) is 14.4 Å². The molecule has 1 aromatic rings. The summed E-state index contributed by atoms with van der Waals surface area (Å²) in [5.74, 6) is -2.09. The van der Waals surface area contributed by atoms with Crippen LogP contribution >= 0.6 is 0 Å². The smallest absolute Gasteiger partial charge is 0.348 e. The van der Waals surface area contributed by atoms with Crippen LogP contribution in [0.3, 0.4) is 0 Å². The Bertz CT molecular complexity index is 520. The lowest BCUT2D eigenvalue weighted by atomic mass is 10.1. The minimum atomic E-state index is -1.31. The van der Waals surface area contributed by atoms with E-state index in [0.29, 0.717) is 5.56 Å². The molecule has 6 nitrogen and oxygen atoms in total. The minimum absolute atomic E-state index is 0.125. The highest BCUT2D eigenvalue weighted by Crippen LogP contribution is 2.10. The topological polar surface area (TPSA) is 78.9 Å². The summed E-state index contributed by atoms with van der Waals surface area (Å²) in [7, 11) is 0. The van der Waals surface area contributed by atoms with Crippen molar-refractivity contribution in [1.82, 2.24) is 0 Å². The van der Waals surface area contributed by atoms with Crippen molar-refractivity contribution in [2.75, 3.05) is 13.2 Å². The third-order valence-electron chi connectivity index (χ3n) is 2.74. The molecule has 0 heterocycles. The van der Waals surface area contributed by atoms with Crippen LogP contribution in [0.5, 0.6) is 0 Å². The summed E-state index contributed by atoms with van der Waals surface area (Å²) in [6.07, 6.45) is -1.68. The Morgan fingerprint density at radius 3 is 2.14 bits per heavy atom. The molecule has 1 aromatic carbocycles. The average Bonchev–Trinajstić information content (AvgIpc) is 2.47. The van der Waals surface area contributed by atoms with Gasteiger partial charge in [-0.05, 0) is 32.9 Å². The lowest BCUT2D eigenvalue weighted by molar-refractivity contribution is -0.160. The fourth-order valence-corrected chi connectivity index (χ4v) is 1.67. The maximum absolute atomic E-state index is 12.0. The summed E-state index contributed by atoms with van der Waals surface area (Å²) in [6.45, 7) is 5.47. The van der Waals surface area contributed by atoms with Gasteiger partial charge in [-0.3, -0.25) is 4.79 Å². The lowest BCUT2D eigenvalue weighted by Crippen LogP contribution is -2.32. The molecule has 0 amide bonds. The number of hydrogen-bond acceptors (Lipinski definition) is 6. The van der Waals surface area contributed by atoms with Crippen LogP contribution in [-0.2, 0) is 23.8 Å². The SMILES string of the molecule is CCOC(=O)C[C@@H](OC(=O)c1ccc(C)cc1)C(=O)OCC. The van der Waals surface area contributed by atoms with Crippen molar-refractivity contribution in [3.8, 4) is 0 Å². The zero-order valence-electron chi connectivity index (χ0n) is 13.0. The third-order valence-corrected chi connectivity index (χ3v) is 2.74. The molecule has 0 aromatic heterocycles. The highest BCUT2D eigenvalue weighted by Gasteiger charge is 2.28. The van der Waals surface area contributed by atoms with Crippen LogP contribution < -0.4 is 0 Å². The molecule has 0 radical (unpaired) electrons. The fraction of sp³-hybridized carbons (Fsp3) is 0.438. The summed E-state index contributed by atoms with van der Waals surface area (Å²) >= 11 is 0. The second-order valence-corrected chi connectivity index (χ2v) is 4.52. The van der Waals surface area contributed by atoms with Gasteiger partial charge in [-0.25, -0.2) is 9.59 Å². The van der Waals surface area contributed by atoms with Gasteiger partial charge in [-0.15, -0.1) is 0 Å². The molecule has 120 valence electrons. The quantitative estimate of drug-likeness (QED) is 0.566. The largest absolute Gasteiger partial charge is 0.466 e. The second-order valence-electron chi connectivity index (χ2n) is 4.52. The van der Waals surface area contributed by atoms with E-state index in [-0.39, 0.29) is 19.6 Å². The summed E-state index contributed by atoms with van der Waals surface area (Å²) < 4.78 is 14.7. The summed E-state index contributed by atoms with van der Waals surface area (Å²) in [5, 5.41) is 0. The van der Waals surface area contributed by atoms with Gasteiger partial charge in [0.1, 0.15) is 0 Å². The first-order valence-electron chi connectivity index (χ1n) is 7.07. The molecule has 0 saturated carbocycles. The fourth-order valence-electron chi connectivity index (χ4n) is 1.67. The first-order valence-corrected chi connectivity index (χ1v) is 7.07. The molecular weight excluding hydrogens is 288 g/mol. The van der Waals surface area contributed by atoms with Crippen LogP contribution in [0.4, 0.5) is 0 Å². The summed E-state index contributed by atoms with van der Waals surface area (Å²) in [6, 6.07) is 6.68. The molecular formula is C16H20O6. The highest BCUT2D eigenvalue weighted by molar-refractivity contribution is 5.92. The Morgan fingerprint density at radius 1 is 1.00 bits per heavy atom. The first-order chi connectivity index (χ1) is 10.5. The van der Waals surface area contributed by atoms with E-state index in [1.165, 1.54) is 0 Å². The Balaban J connectivity index is 2.78. The number of carbonyl (C=O) groups excluding carboxylic acids is 3. The van der Waals surface area contributed by atoms with Gasteiger partial charge in [0, 0.05) is 0 Å². The maximum atomic E-state index is 12.0. The van der Waals surface area contributed by atoms with Crippen molar-refractivity contribution < 1.29 is 28.6 Å². The summed E-state index contributed by atoms with van der Waals surface area (Å²) in [4.78, 5) is 35.3. The van der Waals surface area contributed by atoms with Crippen LogP contribution in [0.25, 0.3) is 0 Å². The van der Waals surface area contributed by atoms with Crippen molar-refractivity contribution in [3.63, 3.8) is 0 Å². The van der Waals surface area contributed by atoms with E-state index in [1.54, 1.807) is 38.1 Å². The molecule has 0 fully saturated rings. The van der Waals surface area contributed by atoms with E-state index in [1.807, 2.05) is 6.92 Å². The average molecular weight is 308 g/mol. The van der Waals surface area contributed by atoms with Gasteiger partial charge < -0.3 is 14.2 Å². The Kier molecular flexibility index (Phi) is 7.08. The molecule has 0 saturated heterocycles. The van der Waals surface area contributed by atoms with Crippen LogP contribution in [0, 0.1) is 6.92 Å². The molecule has 0 spiro atoms. The monoisotopic (exact) mass is 308 g/mol. The van der Waals surface area contributed by atoms with Crippen molar-refractivity contribution in [2.24, 2.45) is 0 Å². The van der Waals surface area contributed by atoms with Crippen molar-refractivity contribution >= 4 is 17.9 Å². The summed E-state index contributed by atoms with van der Waals surface area (Å²) in [5.41, 5.74) is 1.29. The van der Waals surface area contributed by atoms with Crippen molar-refractivity contribution in [1.29, 1.82) is 0 Å². The van der Waals surface area contributed by atoms with E-state index in [0.717, 1.165) is 5.56 Å². The predicted octanol–water partition coefficient (Wildman–Crippen LogP) is 2.04. The molecule has 0 aliphatic carbocycles. The highest BCUT2D eigenvalue weighted by atomic mass is 16.6. The lowest BCUT2D eigenvalue weighted by Gasteiger charge is -2.15. The molecule has 0 bridgehead atoms. The van der Waals surface area contributed by atoms with Crippen molar-refractivity contribution in [3.05, 3.63) is 35.4 Å². The number of rotatable bonds is 7. The minimum Gasteiger partial charge on any atom is -0.466 e. The second kappa shape index (κ2) is 8.81. The molecule has 0 unspecified atom stereocenters. The molecule has 0 aliphatic rings. The normalized spacial score (nSPS) is 11.4. The van der Waals surface area contributed by atoms with Crippen LogP contribution in [0.1, 0.15) is 36.2 Å². The Labute approximate surface area is 129 Å². The molecule has 0 N–H and O–H groups in total. The number of hydrogen-bond donors (Lipinski definition) is 0. The number of benzene rings is 1. The van der Waals surface area contributed by atoms with E-state index in [2.05, 4.69) is 0 Å². The van der Waals surface area contributed by atoms with Crippen molar-refractivity contribution in [2.45, 2.75) is 33.3 Å². The van der Waals surface area contributed by atoms with Gasteiger partial charge in [-0.2, -0.15) is 0 Å². The van der Waals surface area contributed by atoms with Gasteiger partial charge in [-0.1, -0.05) is 17.7 Å². The molecule has 0 aliphatic heterocycles. The standard InChI is InChI=1S/C16H20O6/c1-4-20-14(17)10-13(16(19)21-5-2)22-15(18)12-8-6-11(3)7-9-12/h6-9,13H,4-5,10H2,1-3H3/t13-/m1/s1. The zero-order valence-corrected chi connectivity index (χ0v) is 13.0. The van der Waals surface area contributed by atoms with Gasteiger partial charge in [0.2, 0.25) is 6.10 Å². The molecule has 6 heteroatoms. The van der Waals surface area contributed by atoms with Gasteiger partial charge >= 0.3 is 17.9 Å². The maximum Gasteiger partial charge on any atom is 0.348 e. The van der Waals surface area contributed by atoms with Gasteiger partial charge in [0.15, 0.2) is 0 Å².